The molecule has 1 unspecified atom stereocenters. The molecular formula is C19H23N3O3. The van der Waals surface area contributed by atoms with Crippen LogP contribution < -0.4 is 5.32 Å². The number of nitrogens with one attached hydrogen (secondary N) is 1. The Bertz CT molecular complexity index is 728. The molecule has 2 heterocycles. The minimum atomic E-state index is -0.831. The van der Waals surface area contributed by atoms with Gasteiger partial charge in [-0.25, -0.2) is 0 Å². The highest BCUT2D eigenvalue weighted by Gasteiger charge is 2.44. The van der Waals surface area contributed by atoms with Gasteiger partial charge in [0.25, 0.3) is 5.91 Å². The van der Waals surface area contributed by atoms with Crippen molar-refractivity contribution >= 4 is 17.5 Å². The molecule has 0 bridgehead atoms. The Balaban J connectivity index is 1.88. The fourth-order valence-corrected chi connectivity index (χ4v) is 3.35. The van der Waals surface area contributed by atoms with Gasteiger partial charge >= 0.3 is 0 Å². The summed E-state index contributed by atoms with van der Waals surface area (Å²) in [7, 11) is 3.49. The van der Waals surface area contributed by atoms with Crippen molar-refractivity contribution in [2.75, 3.05) is 32.5 Å². The first-order valence-electron chi connectivity index (χ1n) is 8.38. The molecule has 0 saturated carbocycles. The van der Waals surface area contributed by atoms with Gasteiger partial charge in [0, 0.05) is 26.3 Å². The standard InChI is InChI=1S/C19H23N3O3/c1-21(2)18(24)19(20-16-7-4-3-5-8-16)10-6-11-22(14-19)17(23)15-9-12-25-13-15/h3-5,7-9,12-13,20H,6,10-11,14H2,1-2H3. The van der Waals surface area contributed by atoms with Gasteiger partial charge < -0.3 is 19.5 Å². The van der Waals surface area contributed by atoms with Crippen LogP contribution in [0.25, 0.3) is 0 Å². The molecular weight excluding hydrogens is 318 g/mol. The van der Waals surface area contributed by atoms with Gasteiger partial charge in [-0.3, -0.25) is 9.59 Å². The third kappa shape index (κ3) is 3.52. The Morgan fingerprint density at radius 2 is 1.96 bits per heavy atom. The van der Waals surface area contributed by atoms with Crippen molar-refractivity contribution in [3.05, 3.63) is 54.5 Å². The Kier molecular flexibility index (Phi) is 4.79. The van der Waals surface area contributed by atoms with Crippen molar-refractivity contribution in [3.8, 4) is 0 Å². The molecule has 3 rings (SSSR count). The summed E-state index contributed by atoms with van der Waals surface area (Å²) in [4.78, 5) is 29.0. The van der Waals surface area contributed by atoms with Crippen LogP contribution in [0, 0.1) is 0 Å². The lowest BCUT2D eigenvalue weighted by Gasteiger charge is -2.43. The van der Waals surface area contributed by atoms with Crippen LogP contribution in [0.3, 0.4) is 0 Å². The van der Waals surface area contributed by atoms with Crippen molar-refractivity contribution in [3.63, 3.8) is 0 Å². The van der Waals surface area contributed by atoms with E-state index in [1.807, 2.05) is 30.3 Å². The number of anilines is 1. The van der Waals surface area contributed by atoms with Crippen LogP contribution in [0.1, 0.15) is 23.2 Å². The van der Waals surface area contributed by atoms with Gasteiger partial charge in [0.2, 0.25) is 5.91 Å². The maximum Gasteiger partial charge on any atom is 0.257 e. The highest BCUT2D eigenvalue weighted by Crippen LogP contribution is 2.28. The second kappa shape index (κ2) is 7.01. The number of piperidine rings is 1. The quantitative estimate of drug-likeness (QED) is 0.928. The van der Waals surface area contributed by atoms with E-state index in [1.54, 1.807) is 30.0 Å². The number of nitrogens with zero attached hydrogens (tertiary/aromatic N) is 2. The number of para-hydroxylation sites is 1. The van der Waals surface area contributed by atoms with E-state index in [4.69, 9.17) is 4.42 Å². The summed E-state index contributed by atoms with van der Waals surface area (Å²) in [6, 6.07) is 11.3. The van der Waals surface area contributed by atoms with E-state index in [0.717, 1.165) is 12.1 Å². The first-order chi connectivity index (χ1) is 12.0. The minimum absolute atomic E-state index is 0.0268. The molecule has 0 spiro atoms. The van der Waals surface area contributed by atoms with E-state index < -0.39 is 5.54 Å². The van der Waals surface area contributed by atoms with Gasteiger partial charge in [-0.2, -0.15) is 0 Å². The van der Waals surface area contributed by atoms with Crippen molar-refractivity contribution in [1.29, 1.82) is 0 Å². The number of benzene rings is 1. The number of carbonyl (C=O) groups is 2. The summed E-state index contributed by atoms with van der Waals surface area (Å²) in [5.74, 6) is -0.139. The monoisotopic (exact) mass is 341 g/mol. The maximum absolute atomic E-state index is 13.0. The first-order valence-corrected chi connectivity index (χ1v) is 8.38. The number of likely N-dealkylation sites (tertiary alicyclic amines) is 1. The predicted molar refractivity (Wildman–Crippen MR) is 95.3 cm³/mol. The molecule has 0 aliphatic carbocycles. The molecule has 25 heavy (non-hydrogen) atoms. The number of carbonyl (C=O) groups excluding carboxylic acids is 2. The van der Waals surface area contributed by atoms with E-state index in [9.17, 15) is 9.59 Å². The number of amides is 2. The van der Waals surface area contributed by atoms with E-state index in [2.05, 4.69) is 5.32 Å². The fraction of sp³-hybridized carbons (Fsp3) is 0.368. The number of likely N-dealkylation sites (N-methyl/N-ethyl adjacent to an activating group) is 1. The largest absolute Gasteiger partial charge is 0.472 e. The zero-order valence-electron chi connectivity index (χ0n) is 14.6. The van der Waals surface area contributed by atoms with Gasteiger partial charge in [-0.15, -0.1) is 0 Å². The molecule has 1 N–H and O–H groups in total. The molecule has 2 aromatic rings. The van der Waals surface area contributed by atoms with Gasteiger partial charge in [0.1, 0.15) is 11.8 Å². The lowest BCUT2D eigenvalue weighted by Crippen LogP contribution is -2.62. The third-order valence-electron chi connectivity index (χ3n) is 4.52. The predicted octanol–water partition coefficient (Wildman–Crippen LogP) is 2.45. The zero-order chi connectivity index (χ0) is 17.9. The molecule has 1 aromatic heterocycles. The Labute approximate surface area is 147 Å². The normalized spacial score (nSPS) is 20.2. The van der Waals surface area contributed by atoms with Gasteiger partial charge in [-0.05, 0) is 31.0 Å². The van der Waals surface area contributed by atoms with E-state index in [0.29, 0.717) is 25.1 Å². The molecule has 1 aliphatic heterocycles. The van der Waals surface area contributed by atoms with Crippen LogP contribution >= 0.6 is 0 Å². The second-order valence-electron chi connectivity index (χ2n) is 6.61. The van der Waals surface area contributed by atoms with E-state index >= 15 is 0 Å². The summed E-state index contributed by atoms with van der Waals surface area (Å²) < 4.78 is 5.02. The molecule has 1 aromatic carbocycles. The summed E-state index contributed by atoms with van der Waals surface area (Å²) in [6.07, 6.45) is 4.35. The SMILES string of the molecule is CN(C)C(=O)C1(Nc2ccccc2)CCCN(C(=O)c2ccoc2)C1. The Hall–Kier alpha value is -2.76. The summed E-state index contributed by atoms with van der Waals surface area (Å²) >= 11 is 0. The Morgan fingerprint density at radius 1 is 1.20 bits per heavy atom. The van der Waals surface area contributed by atoms with Crippen LogP contribution in [0.15, 0.2) is 53.3 Å². The molecule has 1 atom stereocenters. The summed E-state index contributed by atoms with van der Waals surface area (Å²) in [5.41, 5.74) is 0.547. The average Bonchev–Trinajstić information content (AvgIpc) is 3.16. The molecule has 6 nitrogen and oxygen atoms in total. The van der Waals surface area contributed by atoms with Crippen LogP contribution in [0.4, 0.5) is 5.69 Å². The van der Waals surface area contributed by atoms with Gasteiger partial charge in [-0.1, -0.05) is 18.2 Å². The van der Waals surface area contributed by atoms with Crippen molar-refractivity contribution in [2.45, 2.75) is 18.4 Å². The van der Waals surface area contributed by atoms with Gasteiger partial charge in [0.05, 0.1) is 18.4 Å². The lowest BCUT2D eigenvalue weighted by molar-refractivity contribution is -0.135. The average molecular weight is 341 g/mol. The smallest absolute Gasteiger partial charge is 0.257 e. The maximum atomic E-state index is 13.0. The second-order valence-corrected chi connectivity index (χ2v) is 6.61. The van der Waals surface area contributed by atoms with Crippen molar-refractivity contribution in [1.82, 2.24) is 9.80 Å². The molecule has 1 aliphatic rings. The van der Waals surface area contributed by atoms with E-state index in [1.165, 1.54) is 12.5 Å². The first kappa shape index (κ1) is 17.1. The molecule has 2 amide bonds. The number of hydrogen-bond acceptors (Lipinski definition) is 4. The number of rotatable bonds is 4. The molecule has 0 radical (unpaired) electrons. The van der Waals surface area contributed by atoms with Crippen molar-refractivity contribution in [2.24, 2.45) is 0 Å². The number of furan rings is 1. The van der Waals surface area contributed by atoms with Crippen LogP contribution in [-0.4, -0.2) is 54.3 Å². The molecule has 132 valence electrons. The van der Waals surface area contributed by atoms with E-state index in [-0.39, 0.29) is 11.8 Å². The van der Waals surface area contributed by atoms with Crippen LogP contribution in [0.2, 0.25) is 0 Å². The third-order valence-corrected chi connectivity index (χ3v) is 4.52. The van der Waals surface area contributed by atoms with Crippen LogP contribution in [-0.2, 0) is 4.79 Å². The van der Waals surface area contributed by atoms with Gasteiger partial charge in [0.15, 0.2) is 0 Å². The Morgan fingerprint density at radius 3 is 2.60 bits per heavy atom. The zero-order valence-corrected chi connectivity index (χ0v) is 14.6. The fourth-order valence-electron chi connectivity index (χ4n) is 3.35. The highest BCUT2D eigenvalue weighted by atomic mass is 16.3. The number of hydrogen-bond donors (Lipinski definition) is 1. The molecule has 1 fully saturated rings. The highest BCUT2D eigenvalue weighted by molar-refractivity contribution is 5.96. The summed E-state index contributed by atoms with van der Waals surface area (Å²) in [6.45, 7) is 0.950. The van der Waals surface area contributed by atoms with Crippen LogP contribution in [0.5, 0.6) is 0 Å². The molecule has 6 heteroatoms. The molecule has 1 saturated heterocycles. The lowest BCUT2D eigenvalue weighted by atomic mass is 9.86. The minimum Gasteiger partial charge on any atom is -0.472 e. The topological polar surface area (TPSA) is 65.8 Å². The van der Waals surface area contributed by atoms with Crippen molar-refractivity contribution < 1.29 is 14.0 Å². The summed E-state index contributed by atoms with van der Waals surface area (Å²) in [5, 5.41) is 3.40.